The lowest BCUT2D eigenvalue weighted by Crippen LogP contribution is -2.17. The second-order valence-electron chi connectivity index (χ2n) is 5.62. The highest BCUT2D eigenvalue weighted by Crippen LogP contribution is 2.29. The Morgan fingerprint density at radius 3 is 2.33 bits per heavy atom. The summed E-state index contributed by atoms with van der Waals surface area (Å²) in [4.78, 5) is 0. The molecule has 0 aliphatic heterocycles. The molecule has 1 aliphatic rings. The van der Waals surface area contributed by atoms with Gasteiger partial charge in [0, 0.05) is 0 Å². The van der Waals surface area contributed by atoms with Gasteiger partial charge in [0.1, 0.15) is 11.6 Å². The standard InChI is InChI=1S/C18H20FNO/c1-12-3-4-14(11-17(12)19)18(20-2)13-5-7-15(8-6-13)21-16-9-10-16/h3-8,11,16,18,20H,9-10H2,1-2H3. The number of nitrogens with one attached hydrogen (secondary N) is 1. The molecule has 21 heavy (non-hydrogen) atoms. The first kappa shape index (κ1) is 14.1. The molecule has 1 N–H and O–H groups in total. The van der Waals surface area contributed by atoms with E-state index in [4.69, 9.17) is 4.74 Å². The molecule has 3 heteroatoms. The summed E-state index contributed by atoms with van der Waals surface area (Å²) in [5.74, 6) is 0.743. The highest BCUT2D eigenvalue weighted by atomic mass is 19.1. The lowest BCUT2D eigenvalue weighted by atomic mass is 9.97. The van der Waals surface area contributed by atoms with Crippen LogP contribution in [0.15, 0.2) is 42.5 Å². The van der Waals surface area contributed by atoms with E-state index in [0.29, 0.717) is 11.7 Å². The fourth-order valence-electron chi connectivity index (χ4n) is 2.43. The van der Waals surface area contributed by atoms with Gasteiger partial charge in [-0.05, 0) is 61.7 Å². The van der Waals surface area contributed by atoms with E-state index in [9.17, 15) is 4.39 Å². The molecule has 2 aromatic carbocycles. The summed E-state index contributed by atoms with van der Waals surface area (Å²) in [7, 11) is 1.89. The van der Waals surface area contributed by atoms with Crippen molar-refractivity contribution in [2.75, 3.05) is 7.05 Å². The van der Waals surface area contributed by atoms with Crippen LogP contribution >= 0.6 is 0 Å². The second kappa shape index (κ2) is 5.86. The lowest BCUT2D eigenvalue weighted by Gasteiger charge is -2.18. The van der Waals surface area contributed by atoms with Crippen LogP contribution in [-0.4, -0.2) is 13.2 Å². The SMILES string of the molecule is CNC(c1ccc(OC2CC2)cc1)c1ccc(C)c(F)c1. The number of halogens is 1. The van der Waals surface area contributed by atoms with Gasteiger partial charge < -0.3 is 10.1 Å². The summed E-state index contributed by atoms with van der Waals surface area (Å²) in [5.41, 5.74) is 2.70. The predicted molar refractivity (Wildman–Crippen MR) is 82.1 cm³/mol. The molecule has 1 atom stereocenters. The van der Waals surface area contributed by atoms with Crippen LogP contribution in [0, 0.1) is 12.7 Å². The van der Waals surface area contributed by atoms with Crippen molar-refractivity contribution in [3.05, 3.63) is 65.0 Å². The fourth-order valence-corrected chi connectivity index (χ4v) is 2.43. The van der Waals surface area contributed by atoms with Crippen LogP contribution in [0.1, 0.15) is 35.6 Å². The number of ether oxygens (including phenoxy) is 1. The summed E-state index contributed by atoms with van der Waals surface area (Å²) in [6.07, 6.45) is 2.72. The van der Waals surface area contributed by atoms with Gasteiger partial charge in [-0.3, -0.25) is 0 Å². The summed E-state index contributed by atoms with van der Waals surface area (Å²) < 4.78 is 19.5. The molecule has 0 spiro atoms. The van der Waals surface area contributed by atoms with E-state index in [1.807, 2.05) is 43.4 Å². The normalized spacial score (nSPS) is 15.8. The van der Waals surface area contributed by atoms with Gasteiger partial charge in [0.25, 0.3) is 0 Å². The third-order valence-corrected chi connectivity index (χ3v) is 3.86. The average Bonchev–Trinajstić information content (AvgIpc) is 3.29. The van der Waals surface area contributed by atoms with Gasteiger partial charge in [-0.15, -0.1) is 0 Å². The Kier molecular flexibility index (Phi) is 3.93. The Bertz CT molecular complexity index is 620. The Labute approximate surface area is 125 Å². The zero-order valence-corrected chi connectivity index (χ0v) is 12.4. The van der Waals surface area contributed by atoms with Crippen LogP contribution in [0.25, 0.3) is 0 Å². The number of benzene rings is 2. The monoisotopic (exact) mass is 285 g/mol. The average molecular weight is 285 g/mol. The number of aryl methyl sites for hydroxylation is 1. The van der Waals surface area contributed by atoms with Crippen LogP contribution in [0.2, 0.25) is 0 Å². The summed E-state index contributed by atoms with van der Waals surface area (Å²) >= 11 is 0. The maximum absolute atomic E-state index is 13.8. The minimum Gasteiger partial charge on any atom is -0.490 e. The van der Waals surface area contributed by atoms with Gasteiger partial charge in [-0.1, -0.05) is 24.3 Å². The Morgan fingerprint density at radius 2 is 1.76 bits per heavy atom. The zero-order valence-electron chi connectivity index (χ0n) is 12.4. The topological polar surface area (TPSA) is 21.3 Å². The van der Waals surface area contributed by atoms with Gasteiger partial charge in [0.2, 0.25) is 0 Å². The van der Waals surface area contributed by atoms with Crippen molar-refractivity contribution in [1.82, 2.24) is 5.32 Å². The van der Waals surface area contributed by atoms with E-state index in [1.54, 1.807) is 13.0 Å². The first-order valence-corrected chi connectivity index (χ1v) is 7.37. The molecular formula is C18H20FNO. The van der Waals surface area contributed by atoms with Gasteiger partial charge in [0.05, 0.1) is 12.1 Å². The first-order valence-electron chi connectivity index (χ1n) is 7.37. The van der Waals surface area contributed by atoms with E-state index >= 15 is 0 Å². The Morgan fingerprint density at radius 1 is 1.10 bits per heavy atom. The fraction of sp³-hybridized carbons (Fsp3) is 0.333. The van der Waals surface area contributed by atoms with Crippen molar-refractivity contribution < 1.29 is 9.13 Å². The molecule has 2 nitrogen and oxygen atoms in total. The molecule has 1 saturated carbocycles. The van der Waals surface area contributed by atoms with Crippen molar-refractivity contribution in [2.24, 2.45) is 0 Å². The second-order valence-corrected chi connectivity index (χ2v) is 5.62. The molecule has 0 amide bonds. The molecule has 0 radical (unpaired) electrons. The first-order chi connectivity index (χ1) is 10.2. The van der Waals surface area contributed by atoms with E-state index in [2.05, 4.69) is 5.32 Å². The van der Waals surface area contributed by atoms with Crippen molar-refractivity contribution >= 4 is 0 Å². The highest BCUT2D eigenvalue weighted by Gasteiger charge is 2.23. The van der Waals surface area contributed by atoms with E-state index in [-0.39, 0.29) is 11.9 Å². The molecule has 1 unspecified atom stereocenters. The quantitative estimate of drug-likeness (QED) is 0.897. The van der Waals surface area contributed by atoms with Crippen LogP contribution in [0.5, 0.6) is 5.75 Å². The maximum Gasteiger partial charge on any atom is 0.126 e. The predicted octanol–water partition coefficient (Wildman–Crippen LogP) is 3.98. The molecule has 1 fully saturated rings. The van der Waals surface area contributed by atoms with E-state index < -0.39 is 0 Å². The van der Waals surface area contributed by atoms with Crippen molar-refractivity contribution in [1.29, 1.82) is 0 Å². The van der Waals surface area contributed by atoms with Crippen LogP contribution in [0.4, 0.5) is 4.39 Å². The van der Waals surface area contributed by atoms with Crippen molar-refractivity contribution in [3.63, 3.8) is 0 Å². The van der Waals surface area contributed by atoms with Crippen LogP contribution in [-0.2, 0) is 0 Å². The summed E-state index contributed by atoms with van der Waals surface area (Å²) in [5, 5.41) is 3.25. The molecule has 3 rings (SSSR count). The molecule has 0 heterocycles. The lowest BCUT2D eigenvalue weighted by molar-refractivity contribution is 0.303. The minimum atomic E-state index is -0.165. The third kappa shape index (κ3) is 3.24. The third-order valence-electron chi connectivity index (χ3n) is 3.86. The Balaban J connectivity index is 1.82. The molecule has 110 valence electrons. The van der Waals surface area contributed by atoms with Crippen molar-refractivity contribution in [2.45, 2.75) is 31.9 Å². The smallest absolute Gasteiger partial charge is 0.126 e. The van der Waals surface area contributed by atoms with Gasteiger partial charge in [-0.25, -0.2) is 4.39 Å². The number of rotatable bonds is 5. The summed E-state index contributed by atoms with van der Waals surface area (Å²) in [6.45, 7) is 1.78. The maximum atomic E-state index is 13.8. The van der Waals surface area contributed by atoms with Crippen LogP contribution < -0.4 is 10.1 Å². The molecular weight excluding hydrogens is 265 g/mol. The van der Waals surface area contributed by atoms with Crippen molar-refractivity contribution in [3.8, 4) is 5.75 Å². The molecule has 0 bridgehead atoms. The van der Waals surface area contributed by atoms with Gasteiger partial charge in [0.15, 0.2) is 0 Å². The highest BCUT2D eigenvalue weighted by molar-refractivity contribution is 5.37. The molecule has 2 aromatic rings. The van der Waals surface area contributed by atoms with Crippen LogP contribution in [0.3, 0.4) is 0 Å². The number of hydrogen-bond acceptors (Lipinski definition) is 2. The zero-order chi connectivity index (χ0) is 14.8. The van der Waals surface area contributed by atoms with E-state index in [1.165, 1.54) is 0 Å². The molecule has 0 saturated heterocycles. The summed E-state index contributed by atoms with van der Waals surface area (Å²) in [6, 6.07) is 13.4. The van der Waals surface area contributed by atoms with Gasteiger partial charge in [-0.2, -0.15) is 0 Å². The van der Waals surface area contributed by atoms with E-state index in [0.717, 1.165) is 29.7 Å². The number of hydrogen-bond donors (Lipinski definition) is 1. The largest absolute Gasteiger partial charge is 0.490 e. The molecule has 1 aliphatic carbocycles. The Hall–Kier alpha value is -1.87. The minimum absolute atomic E-state index is 0.0184. The van der Waals surface area contributed by atoms with Gasteiger partial charge >= 0.3 is 0 Å². The molecule has 0 aromatic heterocycles.